The molecule has 1 N–H and O–H groups in total. The van der Waals surface area contributed by atoms with E-state index in [0.29, 0.717) is 52.7 Å². The van der Waals surface area contributed by atoms with Gasteiger partial charge < -0.3 is 10.1 Å². The van der Waals surface area contributed by atoms with Crippen molar-refractivity contribution in [1.82, 2.24) is 15.0 Å². The van der Waals surface area contributed by atoms with Crippen LogP contribution in [0.5, 0.6) is 5.88 Å². The number of hydrogen-bond donors (Lipinski definition) is 1. The van der Waals surface area contributed by atoms with Gasteiger partial charge in [0, 0.05) is 17.8 Å². The number of aryl methyl sites for hydroxylation is 2. The molecule has 1 unspecified atom stereocenters. The Balaban J connectivity index is 1.52. The number of nitrogens with zero attached hydrogens (tertiary/aromatic N) is 3. The minimum Gasteiger partial charge on any atom is -0.481 e. The quantitative estimate of drug-likeness (QED) is 0.515. The fourth-order valence-electron chi connectivity index (χ4n) is 4.34. The van der Waals surface area contributed by atoms with Crippen LogP contribution in [0.15, 0.2) is 47.5 Å². The number of hydrogen-bond acceptors (Lipinski definition) is 8. The van der Waals surface area contributed by atoms with E-state index in [0.717, 1.165) is 0 Å². The molecule has 0 saturated heterocycles. The Labute approximate surface area is 210 Å². The number of aromatic nitrogens is 3. The minimum atomic E-state index is -3.29. The molecule has 1 atom stereocenters. The number of sulfone groups is 1. The average Bonchev–Trinajstić information content (AvgIpc) is 2.86. The Morgan fingerprint density at radius 3 is 2.56 bits per heavy atom. The van der Waals surface area contributed by atoms with Gasteiger partial charge in [-0.15, -0.1) is 0 Å². The number of fused-ring (bicyclic) bond motifs is 1. The summed E-state index contributed by atoms with van der Waals surface area (Å²) in [6.45, 7) is 5.24. The van der Waals surface area contributed by atoms with E-state index in [2.05, 4.69) is 20.3 Å². The van der Waals surface area contributed by atoms with E-state index in [1.807, 2.05) is 13.8 Å². The van der Waals surface area contributed by atoms with Gasteiger partial charge in [-0.1, -0.05) is 19.1 Å². The normalized spacial score (nSPS) is 17.4. The zero-order valence-corrected chi connectivity index (χ0v) is 21.5. The van der Waals surface area contributed by atoms with Gasteiger partial charge in [-0.05, 0) is 56.0 Å². The maximum atomic E-state index is 13.6. The molecule has 0 spiro atoms. The highest BCUT2D eigenvalue weighted by Crippen LogP contribution is 2.38. The number of ketones is 1. The van der Waals surface area contributed by atoms with E-state index in [9.17, 15) is 18.0 Å². The summed E-state index contributed by atoms with van der Waals surface area (Å²) in [6.07, 6.45) is 2.64. The van der Waals surface area contributed by atoms with Crippen molar-refractivity contribution < 1.29 is 22.7 Å². The topological polar surface area (TPSA) is 128 Å². The van der Waals surface area contributed by atoms with E-state index < -0.39 is 15.3 Å². The van der Waals surface area contributed by atoms with Crippen LogP contribution in [0.1, 0.15) is 53.3 Å². The van der Waals surface area contributed by atoms with Crippen LogP contribution >= 0.6 is 0 Å². The van der Waals surface area contributed by atoms with Crippen molar-refractivity contribution in [3.63, 3.8) is 0 Å². The first-order valence-corrected chi connectivity index (χ1v) is 13.3. The SMILES string of the molecule is CCS(=O)(=O)c1ccc(CC(=O)Nc2cc(C)c3c(n2)CCC(C)(c2nccc(OC)n2)C3=O)cc1. The number of carbonyl (C=O) groups is 2. The predicted molar refractivity (Wildman–Crippen MR) is 134 cm³/mol. The number of benzene rings is 1. The zero-order valence-electron chi connectivity index (χ0n) is 20.7. The zero-order chi connectivity index (χ0) is 26.1. The van der Waals surface area contributed by atoms with Crippen molar-refractivity contribution >= 4 is 27.3 Å². The lowest BCUT2D eigenvalue weighted by molar-refractivity contribution is -0.115. The molecule has 0 aliphatic heterocycles. The summed E-state index contributed by atoms with van der Waals surface area (Å²) in [5.41, 5.74) is 1.64. The molecule has 2 aromatic heterocycles. The van der Waals surface area contributed by atoms with Crippen LogP contribution < -0.4 is 10.1 Å². The monoisotopic (exact) mass is 508 g/mol. The van der Waals surface area contributed by atoms with Gasteiger partial charge in [-0.3, -0.25) is 9.59 Å². The smallest absolute Gasteiger partial charge is 0.229 e. The molecule has 1 amide bonds. The molecule has 1 aromatic carbocycles. The number of rotatable bonds is 7. The van der Waals surface area contributed by atoms with Gasteiger partial charge in [-0.25, -0.2) is 18.4 Å². The van der Waals surface area contributed by atoms with Gasteiger partial charge in [0.2, 0.25) is 11.8 Å². The maximum Gasteiger partial charge on any atom is 0.229 e. The minimum absolute atomic E-state index is 0.0183. The second-order valence-electron chi connectivity index (χ2n) is 9.00. The van der Waals surface area contributed by atoms with Crippen molar-refractivity contribution in [2.75, 3.05) is 18.2 Å². The third kappa shape index (κ3) is 4.86. The Hall–Kier alpha value is -3.66. The van der Waals surface area contributed by atoms with Gasteiger partial charge in [-0.2, -0.15) is 4.98 Å². The van der Waals surface area contributed by atoms with Crippen molar-refractivity contribution in [2.24, 2.45) is 0 Å². The largest absolute Gasteiger partial charge is 0.481 e. The highest BCUT2D eigenvalue weighted by Gasteiger charge is 2.44. The summed E-state index contributed by atoms with van der Waals surface area (Å²) < 4.78 is 29.1. The summed E-state index contributed by atoms with van der Waals surface area (Å²) in [4.78, 5) is 39.7. The number of carbonyl (C=O) groups excluding carboxylic acids is 2. The molecule has 10 heteroatoms. The number of anilines is 1. The van der Waals surface area contributed by atoms with Crippen molar-refractivity contribution in [3.05, 3.63) is 70.8 Å². The highest BCUT2D eigenvalue weighted by molar-refractivity contribution is 7.91. The molecule has 0 bridgehead atoms. The molecule has 1 aliphatic carbocycles. The molecule has 3 aromatic rings. The first kappa shape index (κ1) is 25.4. The van der Waals surface area contributed by atoms with Crippen LogP contribution in [0.2, 0.25) is 0 Å². The lowest BCUT2D eigenvalue weighted by Crippen LogP contribution is -2.40. The lowest BCUT2D eigenvalue weighted by Gasteiger charge is -2.32. The van der Waals surface area contributed by atoms with Crippen LogP contribution in [-0.2, 0) is 32.9 Å². The Morgan fingerprint density at radius 2 is 1.89 bits per heavy atom. The standard InChI is InChI=1S/C26H28N4O5S/c1-5-36(33,34)18-8-6-17(7-9-18)15-21(31)29-20-14-16(2)23-19(28-20)10-12-26(3,24(23)32)25-27-13-11-22(30-25)35-4/h6-9,11,13-14H,5,10,12,15H2,1-4H3,(H,28,29,31). The maximum absolute atomic E-state index is 13.6. The molecule has 4 rings (SSSR count). The summed E-state index contributed by atoms with van der Waals surface area (Å²) in [5, 5.41) is 2.80. The summed E-state index contributed by atoms with van der Waals surface area (Å²) in [7, 11) is -1.78. The molecule has 1 aliphatic rings. The van der Waals surface area contributed by atoms with E-state index in [1.165, 1.54) is 19.2 Å². The fraction of sp³-hybridized carbons (Fsp3) is 0.346. The van der Waals surface area contributed by atoms with E-state index in [1.54, 1.807) is 37.4 Å². The summed E-state index contributed by atoms with van der Waals surface area (Å²) in [5.74, 6) is 0.799. The highest BCUT2D eigenvalue weighted by atomic mass is 32.2. The van der Waals surface area contributed by atoms with E-state index in [4.69, 9.17) is 4.74 Å². The Kier molecular flexibility index (Phi) is 6.90. The number of Topliss-reactive ketones (excluding diaryl/α,β-unsaturated/α-hetero) is 1. The van der Waals surface area contributed by atoms with Crippen LogP contribution in [0.4, 0.5) is 5.82 Å². The van der Waals surface area contributed by atoms with E-state index >= 15 is 0 Å². The molecular formula is C26H28N4O5S. The summed E-state index contributed by atoms with van der Waals surface area (Å²) in [6, 6.07) is 9.61. The molecular weight excluding hydrogens is 480 g/mol. The van der Waals surface area contributed by atoms with Crippen LogP contribution in [0, 0.1) is 6.92 Å². The van der Waals surface area contributed by atoms with Gasteiger partial charge in [0.15, 0.2) is 15.6 Å². The fourth-order valence-corrected chi connectivity index (χ4v) is 5.22. The molecule has 9 nitrogen and oxygen atoms in total. The molecule has 2 heterocycles. The van der Waals surface area contributed by atoms with Crippen LogP contribution in [0.25, 0.3) is 0 Å². The molecule has 188 valence electrons. The molecule has 0 fully saturated rings. The first-order chi connectivity index (χ1) is 17.1. The summed E-state index contributed by atoms with van der Waals surface area (Å²) >= 11 is 0. The van der Waals surface area contributed by atoms with Crippen LogP contribution in [-0.4, -0.2) is 47.9 Å². The first-order valence-electron chi connectivity index (χ1n) is 11.6. The number of methoxy groups -OCH3 is 1. The number of pyridine rings is 1. The van der Waals surface area contributed by atoms with Gasteiger partial charge >= 0.3 is 0 Å². The Bertz CT molecular complexity index is 1440. The second-order valence-corrected chi connectivity index (χ2v) is 11.3. The van der Waals surface area contributed by atoms with E-state index in [-0.39, 0.29) is 28.8 Å². The Morgan fingerprint density at radius 1 is 1.17 bits per heavy atom. The average molecular weight is 509 g/mol. The van der Waals surface area contributed by atoms with Crippen molar-refractivity contribution in [1.29, 1.82) is 0 Å². The van der Waals surface area contributed by atoms with Gasteiger partial charge in [0.05, 0.1) is 35.3 Å². The lowest BCUT2D eigenvalue weighted by atomic mass is 9.71. The third-order valence-corrected chi connectivity index (χ3v) is 8.26. The molecule has 0 saturated carbocycles. The molecule has 0 radical (unpaired) electrons. The second kappa shape index (κ2) is 9.77. The van der Waals surface area contributed by atoms with Crippen molar-refractivity contribution in [3.8, 4) is 5.88 Å². The van der Waals surface area contributed by atoms with Crippen molar-refractivity contribution in [2.45, 2.75) is 50.3 Å². The number of amides is 1. The molecule has 36 heavy (non-hydrogen) atoms. The van der Waals surface area contributed by atoms with Crippen LogP contribution in [0.3, 0.4) is 0 Å². The third-order valence-electron chi connectivity index (χ3n) is 6.51. The van der Waals surface area contributed by atoms with Gasteiger partial charge in [0.25, 0.3) is 0 Å². The number of nitrogens with one attached hydrogen (secondary N) is 1. The predicted octanol–water partition coefficient (Wildman–Crippen LogP) is 3.25. The van der Waals surface area contributed by atoms with Gasteiger partial charge in [0.1, 0.15) is 11.6 Å². The number of ether oxygens (including phenoxy) is 1.